The SMILES string of the molecule is O=C1C=CC(=O)N1CC1CCOCC1n1ccc2ccccc21. The van der Waals surface area contributed by atoms with Crippen molar-refractivity contribution in [3.05, 3.63) is 48.7 Å². The van der Waals surface area contributed by atoms with E-state index in [0.717, 1.165) is 11.9 Å². The fraction of sp³-hybridized carbons (Fsp3) is 0.333. The lowest BCUT2D eigenvalue weighted by molar-refractivity contribution is -0.138. The van der Waals surface area contributed by atoms with E-state index in [9.17, 15) is 9.59 Å². The lowest BCUT2D eigenvalue weighted by atomic mass is 9.93. The number of ether oxygens (including phenoxy) is 1. The summed E-state index contributed by atoms with van der Waals surface area (Å²) in [6, 6.07) is 10.4. The van der Waals surface area contributed by atoms with E-state index < -0.39 is 0 Å². The number of fused-ring (bicyclic) bond motifs is 1. The molecule has 0 bridgehead atoms. The Balaban J connectivity index is 1.63. The van der Waals surface area contributed by atoms with Crippen LogP contribution in [0.25, 0.3) is 10.9 Å². The van der Waals surface area contributed by atoms with E-state index in [1.807, 2.05) is 12.1 Å². The number of rotatable bonds is 3. The molecule has 5 heteroatoms. The van der Waals surface area contributed by atoms with E-state index in [-0.39, 0.29) is 23.8 Å². The molecule has 1 fully saturated rings. The van der Waals surface area contributed by atoms with Crippen molar-refractivity contribution >= 4 is 22.7 Å². The zero-order valence-corrected chi connectivity index (χ0v) is 12.7. The minimum absolute atomic E-state index is 0.129. The summed E-state index contributed by atoms with van der Waals surface area (Å²) in [5.74, 6) is -0.220. The first-order valence-electron chi connectivity index (χ1n) is 7.91. The summed E-state index contributed by atoms with van der Waals surface area (Å²) < 4.78 is 7.90. The normalized spacial score (nSPS) is 24.8. The zero-order valence-electron chi connectivity index (χ0n) is 12.7. The topological polar surface area (TPSA) is 51.5 Å². The molecule has 2 unspecified atom stereocenters. The van der Waals surface area contributed by atoms with Crippen molar-refractivity contribution in [2.45, 2.75) is 12.5 Å². The van der Waals surface area contributed by atoms with Gasteiger partial charge in [0.1, 0.15) is 0 Å². The first-order chi connectivity index (χ1) is 11.2. The third-order valence-corrected chi connectivity index (χ3v) is 4.77. The van der Waals surface area contributed by atoms with Gasteiger partial charge in [-0.15, -0.1) is 0 Å². The summed E-state index contributed by atoms with van der Waals surface area (Å²) in [4.78, 5) is 25.0. The molecule has 2 atom stereocenters. The van der Waals surface area contributed by atoms with Crippen LogP contribution in [0, 0.1) is 5.92 Å². The van der Waals surface area contributed by atoms with E-state index in [1.165, 1.54) is 22.4 Å². The third kappa shape index (κ3) is 2.47. The zero-order chi connectivity index (χ0) is 15.8. The molecule has 0 saturated carbocycles. The lowest BCUT2D eigenvalue weighted by Crippen LogP contribution is -2.41. The van der Waals surface area contributed by atoms with Gasteiger partial charge in [-0.05, 0) is 23.9 Å². The summed E-state index contributed by atoms with van der Waals surface area (Å²) in [6.07, 6.45) is 5.61. The Morgan fingerprint density at radius 2 is 1.87 bits per heavy atom. The Kier molecular flexibility index (Phi) is 3.50. The Bertz CT molecular complexity index is 774. The van der Waals surface area contributed by atoms with Gasteiger partial charge in [-0.2, -0.15) is 0 Å². The molecule has 1 aromatic heterocycles. The number of amides is 2. The molecule has 0 radical (unpaired) electrons. The number of para-hydroxylation sites is 1. The highest BCUT2D eigenvalue weighted by atomic mass is 16.5. The molecular weight excluding hydrogens is 292 g/mol. The molecule has 5 nitrogen and oxygen atoms in total. The monoisotopic (exact) mass is 310 g/mol. The van der Waals surface area contributed by atoms with Gasteiger partial charge in [0.2, 0.25) is 0 Å². The molecule has 0 aliphatic carbocycles. The average Bonchev–Trinajstić information content (AvgIpc) is 3.14. The number of aromatic nitrogens is 1. The molecule has 0 spiro atoms. The summed E-state index contributed by atoms with van der Waals surface area (Å²) in [5.41, 5.74) is 1.16. The smallest absolute Gasteiger partial charge is 0.253 e. The van der Waals surface area contributed by atoms with Crippen molar-refractivity contribution < 1.29 is 14.3 Å². The van der Waals surface area contributed by atoms with Gasteiger partial charge in [-0.3, -0.25) is 14.5 Å². The number of nitrogens with zero attached hydrogens (tertiary/aromatic N) is 2. The summed E-state index contributed by atoms with van der Waals surface area (Å²) in [7, 11) is 0. The highest BCUT2D eigenvalue weighted by Gasteiger charge is 2.33. The van der Waals surface area contributed by atoms with Crippen LogP contribution in [-0.4, -0.2) is 41.0 Å². The van der Waals surface area contributed by atoms with Crippen molar-refractivity contribution in [3.63, 3.8) is 0 Å². The number of carbonyl (C=O) groups excluding carboxylic acids is 2. The second-order valence-corrected chi connectivity index (χ2v) is 6.09. The maximum atomic E-state index is 11.8. The molecule has 2 aliphatic rings. The molecule has 0 N–H and O–H groups in total. The maximum Gasteiger partial charge on any atom is 0.253 e. The van der Waals surface area contributed by atoms with Crippen LogP contribution in [0.1, 0.15) is 12.5 Å². The van der Waals surface area contributed by atoms with Crippen LogP contribution in [-0.2, 0) is 14.3 Å². The lowest BCUT2D eigenvalue weighted by Gasteiger charge is -2.35. The van der Waals surface area contributed by atoms with E-state index in [4.69, 9.17) is 4.74 Å². The van der Waals surface area contributed by atoms with Gasteiger partial charge < -0.3 is 9.30 Å². The van der Waals surface area contributed by atoms with Gasteiger partial charge in [0.25, 0.3) is 11.8 Å². The molecule has 23 heavy (non-hydrogen) atoms. The second-order valence-electron chi connectivity index (χ2n) is 6.09. The third-order valence-electron chi connectivity index (χ3n) is 4.77. The number of benzene rings is 1. The van der Waals surface area contributed by atoms with Crippen LogP contribution in [0.5, 0.6) is 0 Å². The number of carbonyl (C=O) groups is 2. The summed E-state index contributed by atoms with van der Waals surface area (Å²) >= 11 is 0. The van der Waals surface area contributed by atoms with Crippen LogP contribution < -0.4 is 0 Å². The van der Waals surface area contributed by atoms with Crippen molar-refractivity contribution in [2.75, 3.05) is 19.8 Å². The van der Waals surface area contributed by atoms with Crippen molar-refractivity contribution in [1.29, 1.82) is 0 Å². The van der Waals surface area contributed by atoms with Gasteiger partial charge in [-0.25, -0.2) is 0 Å². The molecule has 3 heterocycles. The van der Waals surface area contributed by atoms with Gasteiger partial charge >= 0.3 is 0 Å². The van der Waals surface area contributed by atoms with Crippen LogP contribution in [0.15, 0.2) is 48.7 Å². The van der Waals surface area contributed by atoms with E-state index in [1.54, 1.807) is 0 Å². The van der Waals surface area contributed by atoms with Crippen LogP contribution in [0.4, 0.5) is 0 Å². The minimum Gasteiger partial charge on any atom is -0.379 e. The van der Waals surface area contributed by atoms with E-state index in [2.05, 4.69) is 29.0 Å². The molecule has 1 aromatic carbocycles. The Hall–Kier alpha value is -2.40. The maximum absolute atomic E-state index is 11.8. The number of hydrogen-bond donors (Lipinski definition) is 0. The summed E-state index contributed by atoms with van der Waals surface area (Å²) in [6.45, 7) is 1.72. The first-order valence-corrected chi connectivity index (χ1v) is 7.91. The van der Waals surface area contributed by atoms with Crippen molar-refractivity contribution in [2.24, 2.45) is 5.92 Å². The molecule has 2 aromatic rings. The standard InChI is InChI=1S/C18H18N2O3/c21-17-5-6-18(22)20(17)11-14-8-10-23-12-16(14)19-9-7-13-3-1-2-4-15(13)19/h1-7,9,14,16H,8,10-12H2. The highest BCUT2D eigenvalue weighted by molar-refractivity contribution is 6.12. The molecular formula is C18H18N2O3. The number of hydrogen-bond acceptors (Lipinski definition) is 3. The Morgan fingerprint density at radius 3 is 2.70 bits per heavy atom. The van der Waals surface area contributed by atoms with Crippen LogP contribution in [0.3, 0.4) is 0 Å². The molecule has 2 amide bonds. The Labute approximate surface area is 134 Å². The largest absolute Gasteiger partial charge is 0.379 e. The van der Waals surface area contributed by atoms with Crippen molar-refractivity contribution in [3.8, 4) is 0 Å². The van der Waals surface area contributed by atoms with Crippen LogP contribution in [0.2, 0.25) is 0 Å². The quantitative estimate of drug-likeness (QED) is 0.816. The fourth-order valence-electron chi connectivity index (χ4n) is 3.53. The van der Waals surface area contributed by atoms with Gasteiger partial charge in [-0.1, -0.05) is 18.2 Å². The number of imide groups is 1. The van der Waals surface area contributed by atoms with E-state index >= 15 is 0 Å². The molecule has 2 aliphatic heterocycles. The Morgan fingerprint density at radius 1 is 1.09 bits per heavy atom. The molecule has 4 rings (SSSR count). The van der Waals surface area contributed by atoms with Crippen molar-refractivity contribution in [1.82, 2.24) is 9.47 Å². The van der Waals surface area contributed by atoms with Gasteiger partial charge in [0.15, 0.2) is 0 Å². The first kappa shape index (κ1) is 14.2. The predicted octanol–water partition coefficient (Wildman–Crippen LogP) is 2.14. The van der Waals surface area contributed by atoms with Crippen LogP contribution >= 0.6 is 0 Å². The molecule has 1 saturated heterocycles. The van der Waals surface area contributed by atoms with Gasteiger partial charge in [0, 0.05) is 42.9 Å². The second kappa shape index (κ2) is 5.66. The average molecular weight is 310 g/mol. The minimum atomic E-state index is -0.211. The predicted molar refractivity (Wildman–Crippen MR) is 85.8 cm³/mol. The van der Waals surface area contributed by atoms with Gasteiger partial charge in [0.05, 0.1) is 12.6 Å². The molecule has 118 valence electrons. The highest BCUT2D eigenvalue weighted by Crippen LogP contribution is 2.31. The fourth-order valence-corrected chi connectivity index (χ4v) is 3.53. The van der Waals surface area contributed by atoms with E-state index in [0.29, 0.717) is 19.8 Å². The summed E-state index contributed by atoms with van der Waals surface area (Å²) in [5, 5.41) is 1.19.